The van der Waals surface area contributed by atoms with Crippen molar-refractivity contribution < 1.29 is 0 Å². The molecule has 0 aliphatic heterocycles. The van der Waals surface area contributed by atoms with Crippen molar-refractivity contribution in [2.45, 2.75) is 53.4 Å². The zero-order chi connectivity index (χ0) is 59.3. The lowest BCUT2D eigenvalue weighted by atomic mass is 9.81. The summed E-state index contributed by atoms with van der Waals surface area (Å²) in [5.74, 6) is 0. The molecule has 0 amide bonds. The van der Waals surface area contributed by atoms with Gasteiger partial charge in [-0.2, -0.15) is 0 Å². The fourth-order valence-electron chi connectivity index (χ4n) is 12.6. The van der Waals surface area contributed by atoms with E-state index in [4.69, 9.17) is 0 Å². The first-order valence-electron chi connectivity index (χ1n) is 29.9. The zero-order valence-corrected chi connectivity index (χ0v) is 50.2. The standard InChI is InChI=1S/C84H72N2/c1-9-62(64-32-17-11-18-33-64)44-51-80(67-38-23-14-24-39-67)86(70-46-43-63(60(5)53-70)31-16-10-15-29-58(2)3)82-57-79-83(75-42-28-27-41-74(75)82)76-50-48-71(56-78(76)84(79,7)8)85(69-47-49-73(61(6)54-69)72-40-26-25-30-59(72)4)81-52-45-68(65-34-19-12-20-35-65)55-77(81)66-36-21-13-22-37-66/h9-30,32-57H,1-2,31H2,3-8H3/b16-10-,29-15-,62-44+,80-51+. The van der Waals surface area contributed by atoms with Crippen molar-refractivity contribution in [1.29, 1.82) is 0 Å². The minimum absolute atomic E-state index is 0.425. The van der Waals surface area contributed by atoms with Gasteiger partial charge in [0.05, 0.1) is 17.1 Å². The molecule has 0 fully saturated rings. The Labute approximate surface area is 509 Å². The highest BCUT2D eigenvalue weighted by atomic mass is 15.2. The Balaban J connectivity index is 1.06. The Morgan fingerprint density at radius 2 is 1.05 bits per heavy atom. The maximum absolute atomic E-state index is 4.31. The van der Waals surface area contributed by atoms with E-state index in [9.17, 15) is 0 Å². The second kappa shape index (κ2) is 24.5. The normalized spacial score (nSPS) is 12.8. The van der Waals surface area contributed by atoms with E-state index in [1.54, 1.807) is 0 Å². The predicted molar refractivity (Wildman–Crippen MR) is 371 cm³/mol. The van der Waals surface area contributed by atoms with Gasteiger partial charge in [0.2, 0.25) is 0 Å². The first-order chi connectivity index (χ1) is 42.0. The largest absolute Gasteiger partial charge is 0.310 e. The molecule has 1 aliphatic rings. The summed E-state index contributed by atoms with van der Waals surface area (Å²) in [6.07, 6.45) is 15.7. The van der Waals surface area contributed by atoms with Crippen molar-refractivity contribution in [3.05, 3.63) is 354 Å². The van der Waals surface area contributed by atoms with Crippen LogP contribution in [0.25, 0.3) is 66.6 Å². The minimum atomic E-state index is -0.425. The molecular formula is C84H72N2. The number of rotatable bonds is 17. The molecule has 0 radical (unpaired) electrons. The highest BCUT2D eigenvalue weighted by Crippen LogP contribution is 2.56. The number of allylic oxidation sites excluding steroid dienone is 9. The zero-order valence-electron chi connectivity index (χ0n) is 50.2. The van der Waals surface area contributed by atoms with Gasteiger partial charge in [0.25, 0.3) is 0 Å². The van der Waals surface area contributed by atoms with Crippen molar-refractivity contribution in [2.24, 2.45) is 0 Å². The number of aryl methyl sites for hydroxylation is 3. The summed E-state index contributed by atoms with van der Waals surface area (Å²) >= 11 is 0. The van der Waals surface area contributed by atoms with Crippen LogP contribution in [0, 0.1) is 20.8 Å². The van der Waals surface area contributed by atoms with Gasteiger partial charge < -0.3 is 9.80 Å². The molecule has 0 aromatic heterocycles. The van der Waals surface area contributed by atoms with Gasteiger partial charge in [-0.3, -0.25) is 0 Å². The van der Waals surface area contributed by atoms with Crippen molar-refractivity contribution in [2.75, 3.05) is 9.80 Å². The number of anilines is 5. The van der Waals surface area contributed by atoms with Gasteiger partial charge in [0, 0.05) is 33.4 Å². The molecule has 0 saturated carbocycles. The summed E-state index contributed by atoms with van der Waals surface area (Å²) in [6.45, 7) is 21.9. The van der Waals surface area contributed by atoms with Crippen LogP contribution in [0.1, 0.15) is 65.3 Å². The molecule has 11 aromatic carbocycles. The van der Waals surface area contributed by atoms with Gasteiger partial charge >= 0.3 is 0 Å². The molecular weight excluding hydrogens is 1040 g/mol. The highest BCUT2D eigenvalue weighted by molar-refractivity contribution is 6.11. The van der Waals surface area contributed by atoms with E-state index >= 15 is 0 Å². The highest BCUT2D eigenvalue weighted by Gasteiger charge is 2.39. The minimum Gasteiger partial charge on any atom is -0.310 e. The topological polar surface area (TPSA) is 6.48 Å². The molecule has 0 N–H and O–H groups in total. The molecule has 12 rings (SSSR count). The molecule has 11 aromatic rings. The smallest absolute Gasteiger partial charge is 0.0543 e. The van der Waals surface area contributed by atoms with Crippen LogP contribution in [-0.4, -0.2) is 0 Å². The number of benzene rings is 11. The van der Waals surface area contributed by atoms with Gasteiger partial charge in [-0.25, -0.2) is 0 Å². The van der Waals surface area contributed by atoms with Crippen molar-refractivity contribution >= 4 is 50.5 Å². The van der Waals surface area contributed by atoms with Crippen LogP contribution in [-0.2, 0) is 11.8 Å². The van der Waals surface area contributed by atoms with Gasteiger partial charge in [0.1, 0.15) is 0 Å². The molecule has 0 bridgehead atoms. The van der Waals surface area contributed by atoms with Crippen LogP contribution in [0.4, 0.5) is 28.4 Å². The molecule has 0 unspecified atom stereocenters. The fourth-order valence-corrected chi connectivity index (χ4v) is 12.6. The number of nitrogens with zero attached hydrogens (tertiary/aromatic N) is 2. The second-order valence-electron chi connectivity index (χ2n) is 23.2. The van der Waals surface area contributed by atoms with Crippen molar-refractivity contribution in [3.63, 3.8) is 0 Å². The maximum atomic E-state index is 4.31. The lowest BCUT2D eigenvalue weighted by Gasteiger charge is -2.32. The third-order valence-corrected chi connectivity index (χ3v) is 17.1. The molecule has 0 atom stereocenters. The quantitative estimate of drug-likeness (QED) is 0.0839. The van der Waals surface area contributed by atoms with Crippen LogP contribution < -0.4 is 9.80 Å². The molecule has 2 heteroatoms. The third kappa shape index (κ3) is 11.2. The Bertz CT molecular complexity index is 4460. The molecule has 1 aliphatic carbocycles. The molecule has 86 heavy (non-hydrogen) atoms. The van der Waals surface area contributed by atoms with Crippen LogP contribution in [0.3, 0.4) is 0 Å². The van der Waals surface area contributed by atoms with Crippen LogP contribution in [0.2, 0.25) is 0 Å². The van der Waals surface area contributed by atoms with Crippen molar-refractivity contribution in [3.8, 4) is 44.5 Å². The third-order valence-electron chi connectivity index (χ3n) is 17.1. The average Bonchev–Trinajstić information content (AvgIpc) is 1.55. The first kappa shape index (κ1) is 56.2. The van der Waals surface area contributed by atoms with Crippen LogP contribution >= 0.6 is 0 Å². The first-order valence-corrected chi connectivity index (χ1v) is 29.9. The van der Waals surface area contributed by atoms with E-state index in [1.165, 1.54) is 77.5 Å². The van der Waals surface area contributed by atoms with Gasteiger partial charge in [0.15, 0.2) is 0 Å². The average molecular weight is 1110 g/mol. The number of hydrogen-bond acceptors (Lipinski definition) is 2. The fraction of sp³-hybridized carbons (Fsp3) is 0.0952. The SMILES string of the molecule is C=C/C(=C\C=C(/c1ccccc1)N(c1ccc(C/C=C\C=C/C(=C)C)c(C)c1)c1cc2c(c3ccccc13)-c1ccc(N(c3ccc(-c4ccccc4C)c(C)c3)c3ccc(-c4ccccc4)cc3-c3ccccc3)cc1C2(C)C)c1ccccc1. The van der Waals surface area contributed by atoms with E-state index in [-0.39, 0.29) is 0 Å². The monoisotopic (exact) mass is 1110 g/mol. The van der Waals surface area contributed by atoms with E-state index < -0.39 is 5.41 Å². The van der Waals surface area contributed by atoms with Crippen LogP contribution in [0.15, 0.2) is 310 Å². The summed E-state index contributed by atoms with van der Waals surface area (Å²) in [7, 11) is 0. The Hall–Kier alpha value is -10.3. The molecule has 0 saturated heterocycles. The summed E-state index contributed by atoms with van der Waals surface area (Å²) < 4.78 is 0. The maximum Gasteiger partial charge on any atom is 0.0543 e. The summed E-state index contributed by atoms with van der Waals surface area (Å²) in [4.78, 5) is 5.00. The Kier molecular flexibility index (Phi) is 16.0. The van der Waals surface area contributed by atoms with Crippen LogP contribution in [0.5, 0.6) is 0 Å². The summed E-state index contributed by atoms with van der Waals surface area (Å²) in [5, 5.41) is 2.38. The second-order valence-corrected chi connectivity index (χ2v) is 23.2. The summed E-state index contributed by atoms with van der Waals surface area (Å²) in [6, 6.07) is 91.4. The molecule has 0 spiro atoms. The van der Waals surface area contributed by atoms with E-state index in [2.05, 4.69) is 337 Å². The molecule has 418 valence electrons. The van der Waals surface area contributed by atoms with Gasteiger partial charge in [-0.05, 0) is 189 Å². The summed E-state index contributed by atoms with van der Waals surface area (Å²) in [5.41, 5.74) is 27.6. The lowest BCUT2D eigenvalue weighted by molar-refractivity contribution is 0.661. The lowest BCUT2D eigenvalue weighted by Crippen LogP contribution is -2.20. The van der Waals surface area contributed by atoms with E-state index in [0.29, 0.717) is 0 Å². The molecule has 0 heterocycles. The molecule has 2 nitrogen and oxygen atoms in total. The van der Waals surface area contributed by atoms with Gasteiger partial charge in [-0.15, -0.1) is 0 Å². The van der Waals surface area contributed by atoms with E-state index in [1.807, 2.05) is 19.1 Å². The van der Waals surface area contributed by atoms with E-state index in [0.717, 1.165) is 74.0 Å². The predicted octanol–water partition coefficient (Wildman–Crippen LogP) is 23.2. The Morgan fingerprint density at radius 1 is 0.453 bits per heavy atom. The number of hydrogen-bond donors (Lipinski definition) is 0. The number of fused-ring (bicyclic) bond motifs is 5. The van der Waals surface area contributed by atoms with Crippen molar-refractivity contribution in [1.82, 2.24) is 0 Å². The Morgan fingerprint density at radius 3 is 1.72 bits per heavy atom. The van der Waals surface area contributed by atoms with Gasteiger partial charge in [-0.1, -0.05) is 263 Å².